The van der Waals surface area contributed by atoms with Gasteiger partial charge in [0.25, 0.3) is 12.3 Å². The maximum atomic E-state index is 14.3. The third-order valence-electron chi connectivity index (χ3n) is 6.06. The Morgan fingerprint density at radius 1 is 1.18 bits per heavy atom. The van der Waals surface area contributed by atoms with E-state index in [9.17, 15) is 18.0 Å². The van der Waals surface area contributed by atoms with Gasteiger partial charge in [-0.15, -0.1) is 0 Å². The van der Waals surface area contributed by atoms with Gasteiger partial charge in [0.15, 0.2) is 5.82 Å². The molecular formula is C24H28F3N5O. The molecule has 176 valence electrons. The lowest BCUT2D eigenvalue weighted by Gasteiger charge is -2.30. The monoisotopic (exact) mass is 459 g/mol. The van der Waals surface area contributed by atoms with Crippen molar-refractivity contribution in [2.24, 2.45) is 0 Å². The molecule has 0 aliphatic carbocycles. The van der Waals surface area contributed by atoms with E-state index < -0.39 is 12.2 Å². The lowest BCUT2D eigenvalue weighted by atomic mass is 9.97. The second-order valence-corrected chi connectivity index (χ2v) is 8.40. The van der Waals surface area contributed by atoms with Crippen molar-refractivity contribution in [1.29, 1.82) is 0 Å². The molecule has 33 heavy (non-hydrogen) atoms. The molecular weight excluding hydrogens is 431 g/mol. The van der Waals surface area contributed by atoms with Crippen LogP contribution in [0.1, 0.15) is 43.4 Å². The molecule has 1 saturated heterocycles. The standard InChI is InChI=1S/C24H28F3N5O/c1-4-31(15(2)3)24(33)20-11-16(25)5-6-18(20)19-12-17(30-9-7-28-8-10-30)14-32-21(19)13-29-23(32)22(26)27/h5-6,11-15,22,28H,4,7-10H2,1-3H3. The Kier molecular flexibility index (Phi) is 6.60. The fourth-order valence-electron chi connectivity index (χ4n) is 4.40. The van der Waals surface area contributed by atoms with Gasteiger partial charge in [-0.1, -0.05) is 6.07 Å². The minimum atomic E-state index is -2.76. The molecule has 1 aliphatic heterocycles. The van der Waals surface area contributed by atoms with Gasteiger partial charge in [-0.3, -0.25) is 9.20 Å². The Hall–Kier alpha value is -3.07. The van der Waals surface area contributed by atoms with Gasteiger partial charge in [0, 0.05) is 50.5 Å². The van der Waals surface area contributed by atoms with Gasteiger partial charge in [-0.2, -0.15) is 0 Å². The minimum absolute atomic E-state index is 0.0776. The molecule has 1 fully saturated rings. The van der Waals surface area contributed by atoms with Crippen molar-refractivity contribution in [3.8, 4) is 11.1 Å². The molecule has 1 N–H and O–H groups in total. The second-order valence-electron chi connectivity index (χ2n) is 8.40. The number of halogens is 3. The Labute approximate surface area is 191 Å². The number of carbonyl (C=O) groups excluding carboxylic acids is 1. The van der Waals surface area contributed by atoms with Crippen molar-refractivity contribution in [2.45, 2.75) is 33.2 Å². The highest BCUT2D eigenvalue weighted by atomic mass is 19.3. The fourth-order valence-corrected chi connectivity index (χ4v) is 4.40. The number of nitrogens with one attached hydrogen (secondary N) is 1. The van der Waals surface area contributed by atoms with Crippen LogP contribution in [0.25, 0.3) is 16.6 Å². The SMILES string of the molecule is CCN(C(=O)c1cc(F)ccc1-c1cc(N2CCNCC2)cn2c(C(F)F)ncc12)C(C)C. The van der Waals surface area contributed by atoms with Crippen LogP contribution in [0.4, 0.5) is 18.9 Å². The summed E-state index contributed by atoms with van der Waals surface area (Å²) in [5.41, 5.74) is 2.44. The highest BCUT2D eigenvalue weighted by Crippen LogP contribution is 2.35. The zero-order valence-electron chi connectivity index (χ0n) is 19.0. The van der Waals surface area contributed by atoms with Crippen LogP contribution in [-0.4, -0.2) is 59.0 Å². The molecule has 6 nitrogen and oxygen atoms in total. The van der Waals surface area contributed by atoms with E-state index in [0.29, 0.717) is 23.2 Å². The van der Waals surface area contributed by atoms with Gasteiger partial charge in [-0.25, -0.2) is 18.2 Å². The molecule has 1 amide bonds. The van der Waals surface area contributed by atoms with Crippen molar-refractivity contribution in [3.05, 3.63) is 53.9 Å². The summed E-state index contributed by atoms with van der Waals surface area (Å²) < 4.78 is 43.1. The second kappa shape index (κ2) is 9.43. The number of alkyl halides is 2. The molecule has 1 aliphatic rings. The summed E-state index contributed by atoms with van der Waals surface area (Å²) in [5, 5.41) is 3.28. The molecule has 0 unspecified atom stereocenters. The molecule has 9 heteroatoms. The maximum Gasteiger partial charge on any atom is 0.295 e. The average molecular weight is 460 g/mol. The van der Waals surface area contributed by atoms with Gasteiger partial charge in [-0.05, 0) is 44.5 Å². The van der Waals surface area contributed by atoms with E-state index in [1.165, 1.54) is 22.7 Å². The first-order valence-electron chi connectivity index (χ1n) is 11.2. The predicted molar refractivity (Wildman–Crippen MR) is 122 cm³/mol. The Morgan fingerprint density at radius 3 is 2.55 bits per heavy atom. The molecule has 3 aromatic rings. The lowest BCUT2D eigenvalue weighted by Crippen LogP contribution is -2.43. The number of pyridine rings is 1. The third-order valence-corrected chi connectivity index (χ3v) is 6.06. The van der Waals surface area contributed by atoms with Gasteiger partial charge < -0.3 is 15.1 Å². The van der Waals surface area contributed by atoms with E-state index in [-0.39, 0.29) is 23.3 Å². The normalized spacial score (nSPS) is 14.5. The summed E-state index contributed by atoms with van der Waals surface area (Å²) in [6.45, 7) is 9.12. The number of hydrogen-bond acceptors (Lipinski definition) is 4. The number of benzene rings is 1. The Balaban J connectivity index is 1.95. The fraction of sp³-hybridized carbons (Fsp3) is 0.417. The predicted octanol–water partition coefficient (Wildman–Crippen LogP) is 4.36. The maximum absolute atomic E-state index is 14.3. The van der Waals surface area contributed by atoms with Crippen molar-refractivity contribution in [3.63, 3.8) is 0 Å². The first-order chi connectivity index (χ1) is 15.8. The number of imidazole rings is 1. The molecule has 4 rings (SSSR count). The summed E-state index contributed by atoms with van der Waals surface area (Å²) in [6.07, 6.45) is 0.288. The van der Waals surface area contributed by atoms with Gasteiger partial charge in [0.05, 0.1) is 23.0 Å². The lowest BCUT2D eigenvalue weighted by molar-refractivity contribution is 0.0717. The van der Waals surface area contributed by atoms with Crippen LogP contribution < -0.4 is 10.2 Å². The molecule has 0 radical (unpaired) electrons. The van der Waals surface area contributed by atoms with E-state index >= 15 is 0 Å². The van der Waals surface area contributed by atoms with Gasteiger partial charge in [0.1, 0.15) is 5.82 Å². The van der Waals surface area contributed by atoms with Crippen LogP contribution in [-0.2, 0) is 0 Å². The summed E-state index contributed by atoms with van der Waals surface area (Å²) >= 11 is 0. The van der Waals surface area contributed by atoms with Crippen molar-refractivity contribution >= 4 is 17.1 Å². The molecule has 0 bridgehead atoms. The van der Waals surface area contributed by atoms with E-state index in [1.54, 1.807) is 17.2 Å². The first-order valence-corrected chi connectivity index (χ1v) is 11.2. The number of nitrogens with zero attached hydrogens (tertiary/aromatic N) is 4. The molecule has 2 aromatic heterocycles. The zero-order valence-corrected chi connectivity index (χ0v) is 19.0. The van der Waals surface area contributed by atoms with E-state index in [4.69, 9.17) is 0 Å². The summed E-state index contributed by atoms with van der Waals surface area (Å²) in [6, 6.07) is 5.86. The van der Waals surface area contributed by atoms with Crippen molar-refractivity contribution in [2.75, 3.05) is 37.6 Å². The summed E-state index contributed by atoms with van der Waals surface area (Å²) in [4.78, 5) is 21.1. The van der Waals surface area contributed by atoms with Crippen LogP contribution in [0, 0.1) is 5.82 Å². The van der Waals surface area contributed by atoms with E-state index in [0.717, 1.165) is 31.9 Å². The minimum Gasteiger partial charge on any atom is -0.368 e. The van der Waals surface area contributed by atoms with Crippen LogP contribution in [0.2, 0.25) is 0 Å². The third kappa shape index (κ3) is 4.42. The Morgan fingerprint density at radius 2 is 1.91 bits per heavy atom. The van der Waals surface area contributed by atoms with Gasteiger partial charge >= 0.3 is 0 Å². The molecule has 3 heterocycles. The highest BCUT2D eigenvalue weighted by molar-refractivity contribution is 6.03. The first kappa shape index (κ1) is 23.1. The number of hydrogen-bond donors (Lipinski definition) is 1. The highest BCUT2D eigenvalue weighted by Gasteiger charge is 2.25. The van der Waals surface area contributed by atoms with Crippen LogP contribution >= 0.6 is 0 Å². The van der Waals surface area contributed by atoms with Crippen molar-refractivity contribution < 1.29 is 18.0 Å². The smallest absolute Gasteiger partial charge is 0.295 e. The summed E-state index contributed by atoms with van der Waals surface area (Å²) in [7, 11) is 0. The largest absolute Gasteiger partial charge is 0.368 e. The molecule has 0 spiro atoms. The number of fused-ring (bicyclic) bond motifs is 1. The number of aromatic nitrogens is 2. The Bertz CT molecular complexity index is 1150. The number of rotatable bonds is 6. The molecule has 0 atom stereocenters. The van der Waals surface area contributed by atoms with Crippen molar-refractivity contribution in [1.82, 2.24) is 19.6 Å². The quantitative estimate of drug-likeness (QED) is 0.595. The van der Waals surface area contributed by atoms with E-state index in [2.05, 4.69) is 15.2 Å². The number of anilines is 1. The molecule has 1 aromatic carbocycles. The van der Waals surface area contributed by atoms with Crippen LogP contribution in [0.5, 0.6) is 0 Å². The van der Waals surface area contributed by atoms with Crippen LogP contribution in [0.3, 0.4) is 0 Å². The van der Waals surface area contributed by atoms with Gasteiger partial charge in [0.2, 0.25) is 0 Å². The number of carbonyl (C=O) groups is 1. The number of amides is 1. The number of piperazine rings is 1. The topological polar surface area (TPSA) is 52.9 Å². The molecule has 0 saturated carbocycles. The average Bonchev–Trinajstić information content (AvgIpc) is 3.23. The van der Waals surface area contributed by atoms with Crippen LogP contribution in [0.15, 0.2) is 36.7 Å². The van der Waals surface area contributed by atoms with E-state index in [1.807, 2.05) is 26.8 Å². The zero-order chi connectivity index (χ0) is 23.7. The summed E-state index contributed by atoms with van der Waals surface area (Å²) in [5.74, 6) is -1.20.